The quantitative estimate of drug-likeness (QED) is 0.508. The molecule has 23 heavy (non-hydrogen) atoms. The summed E-state index contributed by atoms with van der Waals surface area (Å²) in [6, 6.07) is 12.9. The molecule has 2 atom stereocenters. The van der Waals surface area contributed by atoms with Crippen LogP contribution in [-0.4, -0.2) is 27.9 Å². The Kier molecular flexibility index (Phi) is 7.68. The first kappa shape index (κ1) is 18.1. The van der Waals surface area contributed by atoms with Crippen LogP contribution in [0.4, 0.5) is 0 Å². The van der Waals surface area contributed by atoms with Crippen LogP contribution >= 0.6 is 0 Å². The van der Waals surface area contributed by atoms with Gasteiger partial charge >= 0.3 is 146 Å². The van der Waals surface area contributed by atoms with Crippen molar-refractivity contribution >= 4 is 19.4 Å². The molecule has 0 radical (unpaired) electrons. The van der Waals surface area contributed by atoms with Crippen LogP contribution in [0.15, 0.2) is 41.7 Å². The Labute approximate surface area is 145 Å². The van der Waals surface area contributed by atoms with Crippen LogP contribution < -0.4 is 4.46 Å². The number of hydrogen-bond acceptors (Lipinski definition) is 3. The second kappa shape index (κ2) is 9.78. The Hall–Kier alpha value is -1.27. The van der Waals surface area contributed by atoms with Gasteiger partial charge in [-0.3, -0.25) is 0 Å². The molecule has 124 valence electrons. The van der Waals surface area contributed by atoms with Crippen molar-refractivity contribution < 1.29 is 9.47 Å². The van der Waals surface area contributed by atoms with E-state index in [1.54, 1.807) is 0 Å². The first-order valence-corrected chi connectivity index (χ1v) is 10.2. The molecule has 4 heteroatoms. The van der Waals surface area contributed by atoms with E-state index in [0.717, 1.165) is 43.4 Å². The maximum absolute atomic E-state index is 9.31. The van der Waals surface area contributed by atoms with Crippen LogP contribution in [0.1, 0.15) is 46.0 Å². The van der Waals surface area contributed by atoms with Crippen molar-refractivity contribution in [2.75, 3.05) is 6.61 Å². The van der Waals surface area contributed by atoms with Gasteiger partial charge in [0.2, 0.25) is 0 Å². The summed E-state index contributed by atoms with van der Waals surface area (Å²) in [5, 5.41) is 9.31. The molecule has 0 saturated carbocycles. The number of nitrogens with zero attached hydrogens (tertiary/aromatic N) is 1. The molecule has 1 aromatic carbocycles. The van der Waals surface area contributed by atoms with E-state index in [-0.39, 0.29) is 21.2 Å². The normalized spacial score (nSPS) is 17.4. The predicted molar refractivity (Wildman–Crippen MR) is 93.5 cm³/mol. The van der Waals surface area contributed by atoms with Gasteiger partial charge in [0.1, 0.15) is 0 Å². The van der Waals surface area contributed by atoms with E-state index in [4.69, 9.17) is 9.47 Å². The van der Waals surface area contributed by atoms with E-state index in [1.165, 1.54) is 4.46 Å². The Morgan fingerprint density at radius 3 is 2.57 bits per heavy atom. The van der Waals surface area contributed by atoms with Crippen LogP contribution in [0.5, 0.6) is 0 Å². The van der Waals surface area contributed by atoms with Gasteiger partial charge in [-0.2, -0.15) is 0 Å². The molecule has 0 spiro atoms. The third-order valence-corrected chi connectivity index (χ3v) is 6.82. The molecule has 0 amide bonds. The summed E-state index contributed by atoms with van der Waals surface area (Å²) in [5.74, 6) is 0.861. The van der Waals surface area contributed by atoms with Gasteiger partial charge in [0.15, 0.2) is 0 Å². The van der Waals surface area contributed by atoms with Gasteiger partial charge in [-0.05, 0) is 0 Å². The van der Waals surface area contributed by atoms with Gasteiger partial charge in [0.25, 0.3) is 0 Å². The number of ether oxygens (including phenoxy) is 2. The summed E-state index contributed by atoms with van der Waals surface area (Å²) in [6.45, 7) is 4.81. The minimum absolute atomic E-state index is 0.248. The molecule has 0 aliphatic heterocycles. The number of benzene rings is 1. The second-order valence-corrected chi connectivity index (χ2v) is 8.29. The fourth-order valence-corrected chi connectivity index (χ4v) is 4.91. The van der Waals surface area contributed by atoms with Crippen LogP contribution in [-0.2, 0) is 9.47 Å². The predicted octanol–water partition coefficient (Wildman–Crippen LogP) is 3.95. The van der Waals surface area contributed by atoms with Crippen LogP contribution in [0.2, 0.25) is 4.82 Å². The standard InChI is InChI=1S/C19H25NO2Se/c1-3-18(23-16-11-6-5-7-12-16)19(21-4-2)22-17-13-9-8-10-15(17)14-20/h5-7,11-12,18-19H,3-4,8-10,13H2,1-2H3. The molecule has 0 heterocycles. The van der Waals surface area contributed by atoms with Crippen molar-refractivity contribution in [3.05, 3.63) is 41.7 Å². The van der Waals surface area contributed by atoms with E-state index in [2.05, 4.69) is 37.3 Å². The molecule has 1 aliphatic rings. The zero-order chi connectivity index (χ0) is 16.5. The Bertz CT molecular complexity index is 550. The van der Waals surface area contributed by atoms with E-state index in [9.17, 15) is 5.26 Å². The monoisotopic (exact) mass is 379 g/mol. The molecule has 2 unspecified atom stereocenters. The molecule has 0 aromatic heterocycles. The molecule has 0 bridgehead atoms. The van der Waals surface area contributed by atoms with Gasteiger partial charge in [-0.1, -0.05) is 0 Å². The van der Waals surface area contributed by atoms with Crippen molar-refractivity contribution in [1.82, 2.24) is 0 Å². The Balaban J connectivity index is 2.12. The number of hydrogen-bond donors (Lipinski definition) is 0. The SMILES string of the molecule is CCOC(OC1=C(C#N)CCCC1)C(CC)[Se]c1ccccc1. The molecule has 1 aliphatic carbocycles. The topological polar surface area (TPSA) is 42.2 Å². The third-order valence-electron chi connectivity index (χ3n) is 3.88. The van der Waals surface area contributed by atoms with E-state index < -0.39 is 0 Å². The zero-order valence-electron chi connectivity index (χ0n) is 14.0. The van der Waals surface area contributed by atoms with Gasteiger partial charge in [0.05, 0.1) is 0 Å². The third kappa shape index (κ3) is 5.39. The summed E-state index contributed by atoms with van der Waals surface area (Å²) in [7, 11) is 0. The van der Waals surface area contributed by atoms with Gasteiger partial charge in [-0.25, -0.2) is 0 Å². The van der Waals surface area contributed by atoms with Gasteiger partial charge in [0, 0.05) is 0 Å². The first-order chi connectivity index (χ1) is 11.3. The second-order valence-electron chi connectivity index (χ2n) is 5.54. The zero-order valence-corrected chi connectivity index (χ0v) is 15.7. The minimum atomic E-state index is -0.248. The van der Waals surface area contributed by atoms with Crippen molar-refractivity contribution in [2.45, 2.75) is 57.1 Å². The molecule has 2 rings (SSSR count). The molecular formula is C19H25NO2Se. The number of nitriles is 1. The van der Waals surface area contributed by atoms with Crippen LogP contribution in [0.3, 0.4) is 0 Å². The van der Waals surface area contributed by atoms with E-state index in [1.807, 2.05) is 13.0 Å². The van der Waals surface area contributed by atoms with Crippen molar-refractivity contribution in [3.63, 3.8) is 0 Å². The summed E-state index contributed by atoms with van der Waals surface area (Å²) < 4.78 is 13.5. The van der Waals surface area contributed by atoms with Crippen molar-refractivity contribution in [3.8, 4) is 6.07 Å². The molecule has 1 aromatic rings. The summed E-state index contributed by atoms with van der Waals surface area (Å²) >= 11 is 0.290. The molecule has 0 fully saturated rings. The van der Waals surface area contributed by atoms with Gasteiger partial charge < -0.3 is 0 Å². The number of allylic oxidation sites excluding steroid dienone is 2. The Morgan fingerprint density at radius 2 is 1.91 bits per heavy atom. The summed E-state index contributed by atoms with van der Waals surface area (Å²) in [4.78, 5) is 0.346. The van der Waals surface area contributed by atoms with E-state index >= 15 is 0 Å². The van der Waals surface area contributed by atoms with Gasteiger partial charge in [-0.15, -0.1) is 0 Å². The Morgan fingerprint density at radius 1 is 1.17 bits per heavy atom. The fourth-order valence-electron chi connectivity index (χ4n) is 2.65. The van der Waals surface area contributed by atoms with Crippen LogP contribution in [0.25, 0.3) is 0 Å². The molecule has 0 saturated heterocycles. The van der Waals surface area contributed by atoms with Crippen molar-refractivity contribution in [2.24, 2.45) is 0 Å². The van der Waals surface area contributed by atoms with Crippen molar-refractivity contribution in [1.29, 1.82) is 5.26 Å². The summed E-state index contributed by atoms with van der Waals surface area (Å²) in [6.07, 6.45) is 4.64. The molecule has 3 nitrogen and oxygen atoms in total. The molecule has 0 N–H and O–H groups in total. The average Bonchev–Trinajstić information content (AvgIpc) is 2.60. The first-order valence-electron chi connectivity index (χ1n) is 8.40. The van der Waals surface area contributed by atoms with Crippen LogP contribution in [0, 0.1) is 11.3 Å². The number of rotatable bonds is 8. The molecular weight excluding hydrogens is 353 g/mol. The average molecular weight is 378 g/mol. The summed E-state index contributed by atoms with van der Waals surface area (Å²) in [5.41, 5.74) is 0.808. The van der Waals surface area contributed by atoms with E-state index in [0.29, 0.717) is 11.4 Å². The fraction of sp³-hybridized carbons (Fsp3) is 0.526. The maximum atomic E-state index is 9.31.